The number of amides is 1. The maximum absolute atomic E-state index is 11.4. The van der Waals surface area contributed by atoms with Gasteiger partial charge in [0.2, 0.25) is 5.91 Å². The first-order chi connectivity index (χ1) is 5.52. The molecule has 0 aliphatic carbocycles. The van der Waals surface area contributed by atoms with E-state index in [1.807, 2.05) is 13.8 Å². The number of hydrogen-bond acceptors (Lipinski definition) is 2. The summed E-state index contributed by atoms with van der Waals surface area (Å²) in [6, 6.07) is 0. The monoisotopic (exact) mass is 169 g/mol. The van der Waals surface area contributed by atoms with Gasteiger partial charge in [0.05, 0.1) is 5.92 Å². The average Bonchev–Trinajstić information content (AvgIpc) is 1.82. The van der Waals surface area contributed by atoms with Gasteiger partial charge < -0.3 is 4.90 Å². The SMILES string of the molecule is CC(=O)N1CC(C(=O)C(C)C)C1. The maximum Gasteiger partial charge on any atom is 0.219 e. The molecule has 1 saturated heterocycles. The molecule has 1 rings (SSSR count). The highest BCUT2D eigenvalue weighted by Crippen LogP contribution is 2.19. The zero-order chi connectivity index (χ0) is 9.30. The number of rotatable bonds is 2. The lowest BCUT2D eigenvalue weighted by molar-refractivity contribution is -0.141. The molecule has 1 fully saturated rings. The molecule has 1 aliphatic rings. The van der Waals surface area contributed by atoms with E-state index in [1.165, 1.54) is 6.92 Å². The molecule has 0 atom stereocenters. The minimum atomic E-state index is 0.0720. The fourth-order valence-corrected chi connectivity index (χ4v) is 1.39. The molecule has 0 N–H and O–H groups in total. The lowest BCUT2D eigenvalue weighted by Crippen LogP contribution is -2.53. The molecule has 0 bridgehead atoms. The van der Waals surface area contributed by atoms with Crippen LogP contribution in [0.2, 0.25) is 0 Å². The molecule has 0 saturated carbocycles. The predicted octanol–water partition coefficient (Wildman–Crippen LogP) is 0.690. The summed E-state index contributed by atoms with van der Waals surface area (Å²) >= 11 is 0. The van der Waals surface area contributed by atoms with E-state index in [0.717, 1.165) is 0 Å². The molecule has 0 radical (unpaired) electrons. The fourth-order valence-electron chi connectivity index (χ4n) is 1.39. The third-order valence-corrected chi connectivity index (χ3v) is 2.30. The molecule has 0 spiro atoms. The van der Waals surface area contributed by atoms with E-state index in [0.29, 0.717) is 13.1 Å². The van der Waals surface area contributed by atoms with Gasteiger partial charge in [-0.15, -0.1) is 0 Å². The van der Waals surface area contributed by atoms with Crippen molar-refractivity contribution in [2.24, 2.45) is 11.8 Å². The smallest absolute Gasteiger partial charge is 0.219 e. The number of nitrogens with zero attached hydrogens (tertiary/aromatic N) is 1. The molecule has 3 heteroatoms. The highest BCUT2D eigenvalue weighted by molar-refractivity contribution is 5.86. The van der Waals surface area contributed by atoms with E-state index in [1.54, 1.807) is 4.90 Å². The first-order valence-corrected chi connectivity index (χ1v) is 4.31. The zero-order valence-electron chi connectivity index (χ0n) is 7.83. The largest absolute Gasteiger partial charge is 0.341 e. The number of carbonyl (C=O) groups excluding carboxylic acids is 2. The number of likely N-dealkylation sites (tertiary alicyclic amines) is 1. The molecule has 0 aromatic rings. The minimum absolute atomic E-state index is 0.0720. The summed E-state index contributed by atoms with van der Waals surface area (Å²) in [5.74, 6) is 0.563. The van der Waals surface area contributed by atoms with Crippen LogP contribution < -0.4 is 0 Å². The molecule has 1 aliphatic heterocycles. The quantitative estimate of drug-likeness (QED) is 0.610. The third-order valence-electron chi connectivity index (χ3n) is 2.30. The summed E-state index contributed by atoms with van der Waals surface area (Å²) in [6.07, 6.45) is 0. The Morgan fingerprint density at radius 2 is 1.83 bits per heavy atom. The lowest BCUT2D eigenvalue weighted by atomic mass is 9.89. The third kappa shape index (κ3) is 1.65. The number of ketones is 1. The van der Waals surface area contributed by atoms with Crippen molar-refractivity contribution in [3.63, 3.8) is 0 Å². The van der Waals surface area contributed by atoms with Crippen LogP contribution in [0.1, 0.15) is 20.8 Å². The van der Waals surface area contributed by atoms with Gasteiger partial charge in [0.25, 0.3) is 0 Å². The number of hydrogen-bond donors (Lipinski definition) is 0. The summed E-state index contributed by atoms with van der Waals surface area (Å²) in [6.45, 7) is 6.60. The van der Waals surface area contributed by atoms with Gasteiger partial charge in [-0.2, -0.15) is 0 Å². The number of carbonyl (C=O) groups is 2. The van der Waals surface area contributed by atoms with Gasteiger partial charge in [-0.25, -0.2) is 0 Å². The Morgan fingerprint density at radius 1 is 1.33 bits per heavy atom. The summed E-state index contributed by atoms with van der Waals surface area (Å²) in [4.78, 5) is 23.8. The van der Waals surface area contributed by atoms with Crippen molar-refractivity contribution < 1.29 is 9.59 Å². The van der Waals surface area contributed by atoms with Crippen molar-refractivity contribution in [2.75, 3.05) is 13.1 Å². The van der Waals surface area contributed by atoms with Crippen LogP contribution in [-0.4, -0.2) is 29.7 Å². The predicted molar refractivity (Wildman–Crippen MR) is 45.6 cm³/mol. The van der Waals surface area contributed by atoms with Crippen LogP contribution in [0.3, 0.4) is 0 Å². The van der Waals surface area contributed by atoms with E-state index in [9.17, 15) is 9.59 Å². The van der Waals surface area contributed by atoms with Gasteiger partial charge in [0, 0.05) is 25.9 Å². The van der Waals surface area contributed by atoms with E-state index in [2.05, 4.69) is 0 Å². The van der Waals surface area contributed by atoms with Crippen molar-refractivity contribution in [3.8, 4) is 0 Å². The summed E-state index contributed by atoms with van der Waals surface area (Å²) in [7, 11) is 0. The number of Topliss-reactive ketones (excluding diaryl/α,β-unsaturated/α-hetero) is 1. The Morgan fingerprint density at radius 3 is 2.17 bits per heavy atom. The van der Waals surface area contributed by atoms with Gasteiger partial charge in [-0.3, -0.25) is 9.59 Å². The van der Waals surface area contributed by atoms with Crippen LogP contribution in [0.25, 0.3) is 0 Å². The van der Waals surface area contributed by atoms with Crippen LogP contribution in [0.4, 0.5) is 0 Å². The van der Waals surface area contributed by atoms with Crippen LogP contribution in [0, 0.1) is 11.8 Å². The van der Waals surface area contributed by atoms with E-state index >= 15 is 0 Å². The minimum Gasteiger partial charge on any atom is -0.341 e. The highest BCUT2D eigenvalue weighted by atomic mass is 16.2. The Hall–Kier alpha value is -0.860. The average molecular weight is 169 g/mol. The molecule has 0 aromatic carbocycles. The first kappa shape index (κ1) is 9.23. The van der Waals surface area contributed by atoms with Gasteiger partial charge in [0.1, 0.15) is 5.78 Å². The molecule has 0 unspecified atom stereocenters. The Bertz CT molecular complexity index is 205. The van der Waals surface area contributed by atoms with E-state index in [4.69, 9.17) is 0 Å². The molecule has 1 heterocycles. The molecule has 3 nitrogen and oxygen atoms in total. The van der Waals surface area contributed by atoms with Crippen molar-refractivity contribution in [1.29, 1.82) is 0 Å². The van der Waals surface area contributed by atoms with Crippen molar-refractivity contribution in [2.45, 2.75) is 20.8 Å². The van der Waals surface area contributed by atoms with E-state index < -0.39 is 0 Å². The lowest BCUT2D eigenvalue weighted by Gasteiger charge is -2.38. The van der Waals surface area contributed by atoms with Gasteiger partial charge >= 0.3 is 0 Å². The van der Waals surface area contributed by atoms with Gasteiger partial charge in [0.15, 0.2) is 0 Å². The van der Waals surface area contributed by atoms with Crippen LogP contribution in [0.5, 0.6) is 0 Å². The Labute approximate surface area is 72.7 Å². The normalized spacial score (nSPS) is 17.8. The van der Waals surface area contributed by atoms with Crippen LogP contribution in [0.15, 0.2) is 0 Å². The van der Waals surface area contributed by atoms with Crippen LogP contribution >= 0.6 is 0 Å². The molecule has 68 valence electrons. The van der Waals surface area contributed by atoms with Crippen molar-refractivity contribution in [3.05, 3.63) is 0 Å². The fraction of sp³-hybridized carbons (Fsp3) is 0.778. The first-order valence-electron chi connectivity index (χ1n) is 4.31. The zero-order valence-corrected chi connectivity index (χ0v) is 7.83. The second-order valence-corrected chi connectivity index (χ2v) is 3.68. The van der Waals surface area contributed by atoms with Gasteiger partial charge in [-0.05, 0) is 0 Å². The maximum atomic E-state index is 11.4. The van der Waals surface area contributed by atoms with Gasteiger partial charge in [-0.1, -0.05) is 13.8 Å². The highest BCUT2D eigenvalue weighted by Gasteiger charge is 2.34. The summed E-state index contributed by atoms with van der Waals surface area (Å²) < 4.78 is 0. The molecule has 0 aromatic heterocycles. The Balaban J connectivity index is 2.35. The summed E-state index contributed by atoms with van der Waals surface area (Å²) in [5, 5.41) is 0. The van der Waals surface area contributed by atoms with Crippen molar-refractivity contribution in [1.82, 2.24) is 4.90 Å². The molecular weight excluding hydrogens is 154 g/mol. The van der Waals surface area contributed by atoms with Crippen molar-refractivity contribution >= 4 is 11.7 Å². The molecule has 1 amide bonds. The summed E-state index contributed by atoms with van der Waals surface area (Å²) in [5.41, 5.74) is 0. The standard InChI is InChI=1S/C9H15NO2/c1-6(2)9(12)8-4-10(5-8)7(3)11/h6,8H,4-5H2,1-3H3. The molecular formula is C9H15NO2. The van der Waals surface area contributed by atoms with E-state index in [-0.39, 0.29) is 23.5 Å². The molecule has 12 heavy (non-hydrogen) atoms. The second kappa shape index (κ2) is 3.25. The topological polar surface area (TPSA) is 37.4 Å². The Kier molecular flexibility index (Phi) is 2.50. The van der Waals surface area contributed by atoms with Crippen LogP contribution in [-0.2, 0) is 9.59 Å². The second-order valence-electron chi connectivity index (χ2n) is 3.68.